The van der Waals surface area contributed by atoms with Gasteiger partial charge in [0.25, 0.3) is 0 Å². The van der Waals surface area contributed by atoms with Crippen LogP contribution in [0.5, 0.6) is 0 Å². The zero-order chi connectivity index (χ0) is 18.7. The minimum atomic E-state index is -3.61. The molecule has 0 radical (unpaired) electrons. The molecule has 0 saturated carbocycles. The Morgan fingerprint density at radius 3 is 2.38 bits per heavy atom. The molecule has 0 saturated heterocycles. The molecule has 0 fully saturated rings. The Morgan fingerprint density at radius 2 is 1.73 bits per heavy atom. The molecule has 0 atom stereocenters. The van der Waals surface area contributed by atoms with Gasteiger partial charge in [0.2, 0.25) is 0 Å². The SMILES string of the molecule is Cc1noc(-c2ccc(Br)cc2)c1C(=O)CS(=O)(=O)Cc1ccccc1. The number of rotatable bonds is 6. The fraction of sp³-hybridized carbons (Fsp3) is 0.158. The highest BCUT2D eigenvalue weighted by molar-refractivity contribution is 9.10. The second-order valence-electron chi connectivity index (χ2n) is 5.92. The molecule has 0 amide bonds. The van der Waals surface area contributed by atoms with E-state index in [4.69, 9.17) is 4.52 Å². The lowest BCUT2D eigenvalue weighted by atomic mass is 10.0. The number of benzene rings is 2. The highest BCUT2D eigenvalue weighted by Gasteiger charge is 2.26. The standard InChI is InChI=1S/C19H16BrNO4S/c1-13-18(19(25-21-13)15-7-9-16(20)10-8-15)17(22)12-26(23,24)11-14-5-3-2-4-6-14/h2-10H,11-12H2,1H3. The molecule has 1 aromatic heterocycles. The Balaban J connectivity index is 1.86. The van der Waals surface area contributed by atoms with Gasteiger partial charge in [-0.05, 0) is 36.8 Å². The van der Waals surface area contributed by atoms with Gasteiger partial charge < -0.3 is 4.52 Å². The minimum absolute atomic E-state index is 0.183. The first-order valence-electron chi connectivity index (χ1n) is 7.85. The van der Waals surface area contributed by atoms with Crippen LogP contribution in [0, 0.1) is 6.92 Å². The molecule has 26 heavy (non-hydrogen) atoms. The van der Waals surface area contributed by atoms with E-state index in [9.17, 15) is 13.2 Å². The van der Waals surface area contributed by atoms with Gasteiger partial charge in [-0.3, -0.25) is 4.79 Å². The van der Waals surface area contributed by atoms with Crippen LogP contribution in [-0.2, 0) is 15.6 Å². The van der Waals surface area contributed by atoms with Crippen LogP contribution in [0.1, 0.15) is 21.6 Å². The molecular weight excluding hydrogens is 418 g/mol. The zero-order valence-electron chi connectivity index (χ0n) is 14.0. The molecule has 134 valence electrons. The summed E-state index contributed by atoms with van der Waals surface area (Å²) in [5, 5.41) is 3.85. The first kappa shape index (κ1) is 18.5. The number of hydrogen-bond acceptors (Lipinski definition) is 5. The molecule has 0 aliphatic rings. The summed E-state index contributed by atoms with van der Waals surface area (Å²) in [6.45, 7) is 1.63. The molecule has 2 aromatic carbocycles. The summed E-state index contributed by atoms with van der Waals surface area (Å²) in [5.41, 5.74) is 1.90. The molecule has 5 nitrogen and oxygen atoms in total. The summed E-state index contributed by atoms with van der Waals surface area (Å²) in [7, 11) is -3.61. The van der Waals surface area contributed by atoms with E-state index in [0.717, 1.165) is 4.47 Å². The topological polar surface area (TPSA) is 77.2 Å². The predicted molar refractivity (Wildman–Crippen MR) is 103 cm³/mol. The molecule has 0 aliphatic heterocycles. The maximum Gasteiger partial charge on any atom is 0.183 e. The van der Waals surface area contributed by atoms with Gasteiger partial charge in [-0.2, -0.15) is 0 Å². The second kappa shape index (κ2) is 7.55. The van der Waals surface area contributed by atoms with Crippen LogP contribution in [0.3, 0.4) is 0 Å². The van der Waals surface area contributed by atoms with Gasteiger partial charge in [0.1, 0.15) is 5.75 Å². The average molecular weight is 434 g/mol. The maximum atomic E-state index is 12.7. The number of aryl methyl sites for hydroxylation is 1. The van der Waals surface area contributed by atoms with Gasteiger partial charge >= 0.3 is 0 Å². The van der Waals surface area contributed by atoms with Crippen LogP contribution in [0.25, 0.3) is 11.3 Å². The summed E-state index contributed by atoms with van der Waals surface area (Å²) >= 11 is 3.35. The molecule has 3 rings (SSSR count). The van der Waals surface area contributed by atoms with E-state index in [0.29, 0.717) is 16.8 Å². The Morgan fingerprint density at radius 1 is 1.08 bits per heavy atom. The maximum absolute atomic E-state index is 12.7. The van der Waals surface area contributed by atoms with Crippen LogP contribution < -0.4 is 0 Å². The Hall–Kier alpha value is -2.25. The summed E-state index contributed by atoms with van der Waals surface area (Å²) in [6, 6.07) is 16.0. The lowest BCUT2D eigenvalue weighted by Gasteiger charge is -2.05. The molecule has 0 bridgehead atoms. The third-order valence-corrected chi connectivity index (χ3v) is 5.83. The van der Waals surface area contributed by atoms with E-state index in [2.05, 4.69) is 21.1 Å². The highest BCUT2D eigenvalue weighted by Crippen LogP contribution is 2.28. The monoisotopic (exact) mass is 433 g/mol. The third kappa shape index (κ3) is 4.28. The number of aromatic nitrogens is 1. The van der Waals surface area contributed by atoms with Crippen molar-refractivity contribution in [1.29, 1.82) is 0 Å². The van der Waals surface area contributed by atoms with Gasteiger partial charge in [-0.25, -0.2) is 8.42 Å². The van der Waals surface area contributed by atoms with E-state index in [1.807, 2.05) is 18.2 Å². The quantitative estimate of drug-likeness (QED) is 0.544. The summed E-state index contributed by atoms with van der Waals surface area (Å²) < 4.78 is 31.0. The number of nitrogens with zero attached hydrogens (tertiary/aromatic N) is 1. The Bertz CT molecular complexity index is 1030. The fourth-order valence-electron chi connectivity index (χ4n) is 2.65. The molecular formula is C19H16BrNO4S. The van der Waals surface area contributed by atoms with Crippen molar-refractivity contribution in [1.82, 2.24) is 5.16 Å². The average Bonchev–Trinajstić information content (AvgIpc) is 2.97. The molecule has 3 aromatic rings. The molecule has 0 spiro atoms. The van der Waals surface area contributed by atoms with Gasteiger partial charge in [0, 0.05) is 10.0 Å². The molecule has 0 unspecified atom stereocenters. The van der Waals surface area contributed by atoms with Crippen molar-refractivity contribution >= 4 is 31.6 Å². The number of Topliss-reactive ketones (excluding diaryl/α,β-unsaturated/α-hetero) is 1. The van der Waals surface area contributed by atoms with E-state index in [1.54, 1.807) is 43.3 Å². The summed E-state index contributed by atoms with van der Waals surface area (Å²) in [4.78, 5) is 12.7. The van der Waals surface area contributed by atoms with E-state index >= 15 is 0 Å². The number of ketones is 1. The first-order valence-corrected chi connectivity index (χ1v) is 10.5. The number of carbonyl (C=O) groups excluding carboxylic acids is 1. The molecule has 0 N–H and O–H groups in total. The van der Waals surface area contributed by atoms with Gasteiger partial charge in [-0.1, -0.05) is 51.4 Å². The minimum Gasteiger partial charge on any atom is -0.355 e. The van der Waals surface area contributed by atoms with Crippen LogP contribution in [0.15, 0.2) is 63.6 Å². The molecule has 7 heteroatoms. The van der Waals surface area contributed by atoms with E-state index in [-0.39, 0.29) is 17.1 Å². The largest absolute Gasteiger partial charge is 0.355 e. The Kier molecular flexibility index (Phi) is 5.38. The van der Waals surface area contributed by atoms with Crippen molar-refractivity contribution in [3.8, 4) is 11.3 Å². The molecule has 0 aliphatic carbocycles. The van der Waals surface area contributed by atoms with Crippen molar-refractivity contribution in [3.63, 3.8) is 0 Å². The van der Waals surface area contributed by atoms with E-state index in [1.165, 1.54) is 0 Å². The molecule has 1 heterocycles. The van der Waals surface area contributed by atoms with Crippen LogP contribution in [0.4, 0.5) is 0 Å². The van der Waals surface area contributed by atoms with Crippen molar-refractivity contribution in [2.75, 3.05) is 5.75 Å². The number of hydrogen-bond donors (Lipinski definition) is 0. The Labute approximate surface area is 160 Å². The van der Waals surface area contributed by atoms with Crippen molar-refractivity contribution in [3.05, 3.63) is 75.9 Å². The highest BCUT2D eigenvalue weighted by atomic mass is 79.9. The second-order valence-corrected chi connectivity index (χ2v) is 8.90. The van der Waals surface area contributed by atoms with Gasteiger partial charge in [0.15, 0.2) is 21.4 Å². The van der Waals surface area contributed by atoms with Crippen LogP contribution in [-0.4, -0.2) is 25.1 Å². The van der Waals surface area contributed by atoms with Crippen LogP contribution >= 0.6 is 15.9 Å². The fourth-order valence-corrected chi connectivity index (χ4v) is 4.26. The zero-order valence-corrected chi connectivity index (χ0v) is 16.4. The lowest BCUT2D eigenvalue weighted by molar-refractivity contribution is 0.102. The first-order chi connectivity index (χ1) is 12.4. The predicted octanol–water partition coefficient (Wildman–Crippen LogP) is 4.21. The lowest BCUT2D eigenvalue weighted by Crippen LogP contribution is -2.18. The van der Waals surface area contributed by atoms with Crippen molar-refractivity contribution in [2.45, 2.75) is 12.7 Å². The van der Waals surface area contributed by atoms with Crippen LogP contribution in [0.2, 0.25) is 0 Å². The normalized spacial score (nSPS) is 11.5. The smallest absolute Gasteiger partial charge is 0.183 e. The third-order valence-electron chi connectivity index (χ3n) is 3.83. The van der Waals surface area contributed by atoms with Gasteiger partial charge in [-0.15, -0.1) is 0 Å². The van der Waals surface area contributed by atoms with Crippen molar-refractivity contribution in [2.24, 2.45) is 0 Å². The number of halogens is 1. The number of carbonyl (C=O) groups is 1. The summed E-state index contributed by atoms with van der Waals surface area (Å²) in [5.74, 6) is -1.00. The number of sulfone groups is 1. The van der Waals surface area contributed by atoms with Crippen molar-refractivity contribution < 1.29 is 17.7 Å². The van der Waals surface area contributed by atoms with E-state index < -0.39 is 21.4 Å². The summed E-state index contributed by atoms with van der Waals surface area (Å²) in [6.07, 6.45) is 0. The van der Waals surface area contributed by atoms with Gasteiger partial charge in [0.05, 0.1) is 17.0 Å².